The summed E-state index contributed by atoms with van der Waals surface area (Å²) in [6.07, 6.45) is 1.88. The zero-order valence-electron chi connectivity index (χ0n) is 20.2. The van der Waals surface area contributed by atoms with E-state index in [1.807, 2.05) is 67.6 Å². The average Bonchev–Trinajstić information content (AvgIpc) is 3.42. The van der Waals surface area contributed by atoms with Crippen molar-refractivity contribution in [2.24, 2.45) is 11.0 Å². The van der Waals surface area contributed by atoms with Crippen molar-refractivity contribution >= 4 is 49.7 Å². The lowest BCUT2D eigenvalue weighted by molar-refractivity contribution is -0.153. The number of thioether (sulfide) groups is 1. The van der Waals surface area contributed by atoms with Gasteiger partial charge in [0.15, 0.2) is 0 Å². The molecule has 5 rings (SSSR count). The van der Waals surface area contributed by atoms with Crippen LogP contribution in [-0.4, -0.2) is 82.1 Å². The molecular formula is C26H25BN4O5S. The number of amides is 3. The highest BCUT2D eigenvalue weighted by Crippen LogP contribution is 2.53. The average molecular weight is 516 g/mol. The lowest BCUT2D eigenvalue weighted by Gasteiger charge is -2.41. The van der Waals surface area contributed by atoms with Gasteiger partial charge in [-0.3, -0.25) is 19.3 Å². The fourth-order valence-corrected chi connectivity index (χ4v) is 6.75. The molecule has 3 aliphatic heterocycles. The number of ketones is 1. The maximum Gasteiger partial charge on any atom is 0.378 e. The largest absolute Gasteiger partial charge is 0.541 e. The van der Waals surface area contributed by atoms with Crippen LogP contribution >= 0.6 is 11.8 Å². The molecule has 2 aromatic rings. The monoisotopic (exact) mass is 516 g/mol. The summed E-state index contributed by atoms with van der Waals surface area (Å²) in [7, 11) is 5.30. The minimum atomic E-state index is -1.52. The molecule has 0 aromatic heterocycles. The Labute approximate surface area is 220 Å². The first-order valence-electron chi connectivity index (χ1n) is 12.0. The number of hydrogen-bond donors (Lipinski definition) is 0. The molecule has 2 radical (unpaired) electrons. The molecule has 0 N–H and O–H groups in total. The number of β-lactam (4-membered cyclic amide) rings is 1. The van der Waals surface area contributed by atoms with Crippen molar-refractivity contribution in [2.75, 3.05) is 13.1 Å². The zero-order chi connectivity index (χ0) is 26.2. The third kappa shape index (κ3) is 4.52. The third-order valence-electron chi connectivity index (χ3n) is 6.93. The molecule has 9 nitrogen and oxygen atoms in total. The van der Waals surface area contributed by atoms with Crippen molar-refractivity contribution in [1.29, 1.82) is 0 Å². The van der Waals surface area contributed by atoms with Gasteiger partial charge in [-0.1, -0.05) is 72.4 Å². The van der Waals surface area contributed by atoms with Gasteiger partial charge in [0.05, 0.1) is 30.1 Å². The summed E-state index contributed by atoms with van der Waals surface area (Å²) in [6, 6.07) is 17.9. The summed E-state index contributed by atoms with van der Waals surface area (Å²) in [5, 5.41) is 5.24. The van der Waals surface area contributed by atoms with Gasteiger partial charge in [0.1, 0.15) is 5.78 Å². The number of benzene rings is 2. The Morgan fingerprint density at radius 3 is 2.49 bits per heavy atom. The first kappa shape index (κ1) is 25.1. The van der Waals surface area contributed by atoms with Crippen molar-refractivity contribution in [3.63, 3.8) is 0 Å². The minimum Gasteiger partial charge on any atom is -0.541 e. The predicted octanol–water partition coefficient (Wildman–Crippen LogP) is 2.20. The summed E-state index contributed by atoms with van der Waals surface area (Å²) in [4.78, 5) is 53.5. The summed E-state index contributed by atoms with van der Waals surface area (Å²) >= 11 is 1.15. The minimum absolute atomic E-state index is 0.0593. The van der Waals surface area contributed by atoms with Crippen LogP contribution in [0, 0.1) is 5.92 Å². The van der Waals surface area contributed by atoms with E-state index in [0.717, 1.165) is 22.9 Å². The van der Waals surface area contributed by atoms with E-state index in [9.17, 15) is 19.2 Å². The quantitative estimate of drug-likeness (QED) is 0.303. The summed E-state index contributed by atoms with van der Waals surface area (Å²) in [5.41, 5.74) is 1.70. The lowest BCUT2D eigenvalue weighted by Crippen LogP contribution is -2.59. The second-order valence-corrected chi connectivity index (χ2v) is 10.8. The van der Waals surface area contributed by atoms with Crippen LogP contribution in [0.2, 0.25) is 0 Å². The SMILES string of the molecule is [B]OC(=O)[C@@]1(N2C[C@@H](C)N(/N=C/c3ccccc3)C2=O)CN2C(=O)[C@@H](CC(=O)Cc3ccccc3)[C@H]2S1. The number of nitrogens with zero attached hydrogens (tertiary/aromatic N) is 4. The van der Waals surface area contributed by atoms with E-state index >= 15 is 0 Å². The van der Waals surface area contributed by atoms with Crippen LogP contribution in [0.4, 0.5) is 4.79 Å². The number of fused-ring (bicyclic) bond motifs is 1. The molecule has 3 fully saturated rings. The van der Waals surface area contributed by atoms with Gasteiger partial charge >= 0.3 is 20.0 Å². The third-order valence-corrected chi connectivity index (χ3v) is 8.66. The molecule has 3 saturated heterocycles. The summed E-state index contributed by atoms with van der Waals surface area (Å²) in [5.74, 6) is -1.67. The molecule has 0 unspecified atom stereocenters. The molecule has 0 saturated carbocycles. The molecule has 3 heterocycles. The smallest absolute Gasteiger partial charge is 0.378 e. The highest BCUT2D eigenvalue weighted by atomic mass is 32.2. The van der Waals surface area contributed by atoms with E-state index in [0.29, 0.717) is 0 Å². The van der Waals surface area contributed by atoms with Gasteiger partial charge in [-0.25, -0.2) is 9.80 Å². The Kier molecular flexibility index (Phi) is 6.81. The highest BCUT2D eigenvalue weighted by Gasteiger charge is 2.66. The van der Waals surface area contributed by atoms with Gasteiger partial charge in [0.25, 0.3) is 0 Å². The molecule has 188 valence electrons. The second kappa shape index (κ2) is 10.0. The van der Waals surface area contributed by atoms with Crippen LogP contribution in [0.25, 0.3) is 0 Å². The first-order valence-corrected chi connectivity index (χ1v) is 12.9. The van der Waals surface area contributed by atoms with Crippen molar-refractivity contribution in [1.82, 2.24) is 14.8 Å². The molecule has 2 aromatic carbocycles. The van der Waals surface area contributed by atoms with Crippen molar-refractivity contribution in [3.05, 3.63) is 71.8 Å². The first-order chi connectivity index (χ1) is 17.8. The van der Waals surface area contributed by atoms with Crippen LogP contribution < -0.4 is 0 Å². The van der Waals surface area contributed by atoms with Gasteiger partial charge in [0, 0.05) is 19.4 Å². The maximum atomic E-state index is 13.4. The topological polar surface area (TPSA) is 99.6 Å². The molecule has 4 atom stereocenters. The van der Waals surface area contributed by atoms with Crippen molar-refractivity contribution < 1.29 is 23.8 Å². The molecule has 11 heteroatoms. The fourth-order valence-electron chi connectivity index (χ4n) is 5.04. The fraction of sp³-hybridized carbons (Fsp3) is 0.346. The normalized spacial score (nSPS) is 26.9. The molecule has 3 aliphatic rings. The predicted molar refractivity (Wildman–Crippen MR) is 138 cm³/mol. The van der Waals surface area contributed by atoms with E-state index in [1.165, 1.54) is 14.8 Å². The van der Waals surface area contributed by atoms with Crippen LogP contribution in [0.5, 0.6) is 0 Å². The zero-order valence-corrected chi connectivity index (χ0v) is 21.0. The Balaban J connectivity index is 1.32. The Hall–Kier alpha value is -3.60. The van der Waals surface area contributed by atoms with E-state index in [-0.39, 0.29) is 43.7 Å². The number of hydrazone groups is 1. The van der Waals surface area contributed by atoms with Crippen LogP contribution in [0.3, 0.4) is 0 Å². The Morgan fingerprint density at radius 2 is 1.81 bits per heavy atom. The van der Waals surface area contributed by atoms with Crippen molar-refractivity contribution in [2.45, 2.75) is 36.1 Å². The number of urea groups is 1. The van der Waals surface area contributed by atoms with E-state index in [4.69, 9.17) is 8.05 Å². The lowest BCUT2D eigenvalue weighted by atomic mass is 9.90. The molecule has 0 bridgehead atoms. The second-order valence-electron chi connectivity index (χ2n) is 9.42. The van der Waals surface area contributed by atoms with Crippen LogP contribution in [0.15, 0.2) is 65.8 Å². The maximum absolute atomic E-state index is 13.4. The number of hydrogen-bond acceptors (Lipinski definition) is 7. The van der Waals surface area contributed by atoms with Gasteiger partial charge in [-0.15, -0.1) is 0 Å². The number of rotatable bonds is 8. The Bertz CT molecular complexity index is 1250. The number of Topliss-reactive ketones (excluding diaryl/α,β-unsaturated/α-hetero) is 1. The Morgan fingerprint density at radius 1 is 1.14 bits per heavy atom. The van der Waals surface area contributed by atoms with Crippen LogP contribution in [0.1, 0.15) is 24.5 Å². The highest BCUT2D eigenvalue weighted by molar-refractivity contribution is 8.02. The van der Waals surface area contributed by atoms with Gasteiger partial charge in [-0.05, 0) is 18.1 Å². The molecular weight excluding hydrogens is 491 g/mol. The number of carbonyl (C=O) groups is 4. The molecule has 37 heavy (non-hydrogen) atoms. The van der Waals surface area contributed by atoms with E-state index in [2.05, 4.69) is 9.76 Å². The van der Waals surface area contributed by atoms with Gasteiger partial charge in [0.2, 0.25) is 10.8 Å². The van der Waals surface area contributed by atoms with Gasteiger partial charge < -0.3 is 9.55 Å². The summed E-state index contributed by atoms with van der Waals surface area (Å²) in [6.45, 7) is 1.96. The van der Waals surface area contributed by atoms with Crippen LogP contribution in [-0.2, 0) is 25.5 Å². The summed E-state index contributed by atoms with van der Waals surface area (Å²) < 4.78 is 4.64. The molecule has 0 aliphatic carbocycles. The molecule has 0 spiro atoms. The van der Waals surface area contributed by atoms with Crippen molar-refractivity contribution in [3.8, 4) is 0 Å². The van der Waals surface area contributed by atoms with Gasteiger partial charge in [-0.2, -0.15) is 5.10 Å². The standard InChI is InChI=1S/C26H25BN4O5S/c1-17-15-30(25(35)31(17)28-14-19-10-6-3-7-11-19)26(24(34)36-27)16-29-22(33)21(23(29)37-26)13-20(32)12-18-8-4-2-5-9-18/h2-11,14,17,21,23H,12-13,15-16H2,1H3/b28-14+/t17-,21-,23-,26-/m1/s1. The van der Waals surface area contributed by atoms with E-state index in [1.54, 1.807) is 6.21 Å². The molecule has 3 amide bonds. The van der Waals surface area contributed by atoms with E-state index < -0.39 is 28.2 Å². The number of carbonyl (C=O) groups excluding carboxylic acids is 4.